The van der Waals surface area contributed by atoms with Crippen molar-refractivity contribution >= 4 is 11.6 Å². The summed E-state index contributed by atoms with van der Waals surface area (Å²) < 4.78 is 1.75. The Balaban J connectivity index is 1.89. The van der Waals surface area contributed by atoms with E-state index >= 15 is 0 Å². The van der Waals surface area contributed by atoms with Gasteiger partial charge < -0.3 is 15.4 Å². The predicted octanol–water partition coefficient (Wildman–Crippen LogP) is 3.27. The van der Waals surface area contributed by atoms with Crippen molar-refractivity contribution < 1.29 is 4.92 Å². The molecule has 0 aliphatic heterocycles. The van der Waals surface area contributed by atoms with Gasteiger partial charge in [0.15, 0.2) is 0 Å². The van der Waals surface area contributed by atoms with E-state index in [1.807, 2.05) is 0 Å². The van der Waals surface area contributed by atoms with Crippen molar-refractivity contribution in [2.45, 2.75) is 46.0 Å². The molecule has 2 rings (SSSR count). The third-order valence-corrected chi connectivity index (χ3v) is 4.45. The van der Waals surface area contributed by atoms with Gasteiger partial charge in [-0.15, -0.1) is 0 Å². The molecule has 0 atom stereocenters. The lowest BCUT2D eigenvalue weighted by Gasteiger charge is -2.26. The molecule has 1 fully saturated rings. The number of nitrogens with zero attached hydrogens (tertiary/aromatic N) is 3. The summed E-state index contributed by atoms with van der Waals surface area (Å²) in [6, 6.07) is 0. The number of nitrogens with one attached hydrogen (secondary N) is 1. The summed E-state index contributed by atoms with van der Waals surface area (Å²) in [5.74, 6) is 2.73. The Labute approximate surface area is 119 Å². The molecule has 0 saturated heterocycles. The van der Waals surface area contributed by atoms with Gasteiger partial charge >= 0.3 is 5.82 Å². The van der Waals surface area contributed by atoms with E-state index < -0.39 is 4.92 Å². The molecule has 1 saturated carbocycles. The Morgan fingerprint density at radius 3 is 2.65 bits per heavy atom. The van der Waals surface area contributed by atoms with Gasteiger partial charge in [-0.3, -0.25) is 4.57 Å². The molecule has 0 aromatic carbocycles. The minimum atomic E-state index is -0.419. The monoisotopic (exact) mass is 280 g/mol. The van der Waals surface area contributed by atoms with Gasteiger partial charge in [0.2, 0.25) is 11.6 Å². The molecule has 20 heavy (non-hydrogen) atoms. The molecule has 1 N–H and O–H groups in total. The second-order valence-electron chi connectivity index (χ2n) is 5.99. The van der Waals surface area contributed by atoms with Crippen molar-refractivity contribution in [1.29, 1.82) is 0 Å². The summed E-state index contributed by atoms with van der Waals surface area (Å²) in [6.07, 6.45) is 6.28. The van der Waals surface area contributed by atoms with E-state index in [0.717, 1.165) is 24.8 Å². The smallest absolute Gasteiger partial charge is 0.364 e. The van der Waals surface area contributed by atoms with E-state index in [2.05, 4.69) is 17.2 Å². The summed E-state index contributed by atoms with van der Waals surface area (Å²) in [4.78, 5) is 14.5. The average molecular weight is 280 g/mol. The molecule has 1 aromatic rings. The van der Waals surface area contributed by atoms with E-state index in [-0.39, 0.29) is 5.82 Å². The van der Waals surface area contributed by atoms with Gasteiger partial charge in [-0.2, -0.15) is 0 Å². The van der Waals surface area contributed by atoms with E-state index in [1.165, 1.54) is 25.7 Å². The fourth-order valence-electron chi connectivity index (χ4n) is 2.93. The number of hydrogen-bond acceptors (Lipinski definition) is 4. The predicted molar refractivity (Wildman–Crippen MR) is 78.8 cm³/mol. The second kappa shape index (κ2) is 6.24. The number of hydrogen-bond donors (Lipinski definition) is 1. The second-order valence-corrected chi connectivity index (χ2v) is 5.99. The molecule has 0 unspecified atom stereocenters. The fourth-order valence-corrected chi connectivity index (χ4v) is 2.93. The van der Waals surface area contributed by atoms with Gasteiger partial charge in [0.1, 0.15) is 0 Å². The molecular weight excluding hydrogens is 256 g/mol. The SMILES string of the molecule is Cc1nc([N+](=O)[O-])c(NCCC2CCC(C)CC2)n1C. The highest BCUT2D eigenvalue weighted by atomic mass is 16.6. The molecule has 0 spiro atoms. The van der Waals surface area contributed by atoms with Crippen molar-refractivity contribution in [3.8, 4) is 0 Å². The van der Waals surface area contributed by atoms with Crippen LogP contribution in [-0.4, -0.2) is 21.0 Å². The topological polar surface area (TPSA) is 73.0 Å². The van der Waals surface area contributed by atoms with Gasteiger partial charge in [0.25, 0.3) is 0 Å². The maximum Gasteiger partial charge on any atom is 0.406 e. The quantitative estimate of drug-likeness (QED) is 0.663. The molecule has 0 bridgehead atoms. The average Bonchev–Trinajstić information content (AvgIpc) is 2.69. The molecule has 0 amide bonds. The number of aryl methyl sites for hydroxylation is 1. The molecule has 0 radical (unpaired) electrons. The highest BCUT2D eigenvalue weighted by molar-refractivity contribution is 5.53. The minimum absolute atomic E-state index is 0.0673. The summed E-state index contributed by atoms with van der Waals surface area (Å²) in [6.45, 7) is 4.87. The van der Waals surface area contributed by atoms with Gasteiger partial charge in [-0.25, -0.2) is 0 Å². The van der Waals surface area contributed by atoms with Crippen LogP contribution in [0.25, 0.3) is 0 Å². The van der Waals surface area contributed by atoms with Crippen molar-refractivity contribution in [3.63, 3.8) is 0 Å². The number of imidazole rings is 1. The first-order valence-electron chi connectivity index (χ1n) is 7.40. The van der Waals surface area contributed by atoms with Crippen LogP contribution in [0.3, 0.4) is 0 Å². The van der Waals surface area contributed by atoms with Crippen molar-refractivity contribution in [2.75, 3.05) is 11.9 Å². The molecule has 1 heterocycles. The zero-order valence-electron chi connectivity index (χ0n) is 12.6. The number of nitro groups is 1. The fraction of sp³-hybridized carbons (Fsp3) is 0.786. The van der Waals surface area contributed by atoms with Crippen LogP contribution in [-0.2, 0) is 7.05 Å². The Bertz CT molecular complexity index is 476. The van der Waals surface area contributed by atoms with Crippen LogP contribution in [0.5, 0.6) is 0 Å². The molecule has 1 aromatic heterocycles. The lowest BCUT2D eigenvalue weighted by molar-refractivity contribution is -0.388. The van der Waals surface area contributed by atoms with Crippen molar-refractivity contribution in [1.82, 2.24) is 9.55 Å². The van der Waals surface area contributed by atoms with Crippen LogP contribution >= 0.6 is 0 Å². The third-order valence-electron chi connectivity index (χ3n) is 4.45. The zero-order valence-corrected chi connectivity index (χ0v) is 12.6. The first-order chi connectivity index (χ1) is 9.49. The molecule has 112 valence electrons. The van der Waals surface area contributed by atoms with Crippen LogP contribution in [0.15, 0.2) is 0 Å². The Morgan fingerprint density at radius 1 is 1.40 bits per heavy atom. The van der Waals surface area contributed by atoms with Crippen LogP contribution in [0, 0.1) is 28.9 Å². The highest BCUT2D eigenvalue weighted by Crippen LogP contribution is 2.30. The first-order valence-corrected chi connectivity index (χ1v) is 7.40. The lowest BCUT2D eigenvalue weighted by atomic mass is 9.81. The van der Waals surface area contributed by atoms with E-state index in [1.54, 1.807) is 18.5 Å². The van der Waals surface area contributed by atoms with Gasteiger partial charge in [0, 0.05) is 20.5 Å². The van der Waals surface area contributed by atoms with Crippen LogP contribution < -0.4 is 5.32 Å². The van der Waals surface area contributed by atoms with Crippen molar-refractivity contribution in [2.24, 2.45) is 18.9 Å². The Hall–Kier alpha value is -1.59. The summed E-state index contributed by atoms with van der Waals surface area (Å²) in [5, 5.41) is 14.2. The van der Waals surface area contributed by atoms with Gasteiger partial charge in [-0.1, -0.05) is 32.6 Å². The number of rotatable bonds is 5. The Morgan fingerprint density at radius 2 is 2.05 bits per heavy atom. The largest absolute Gasteiger partial charge is 0.406 e. The highest BCUT2D eigenvalue weighted by Gasteiger charge is 2.24. The summed E-state index contributed by atoms with van der Waals surface area (Å²) >= 11 is 0. The minimum Gasteiger partial charge on any atom is -0.364 e. The summed E-state index contributed by atoms with van der Waals surface area (Å²) in [7, 11) is 1.81. The molecule has 1 aliphatic rings. The molecule has 1 aliphatic carbocycles. The normalized spacial score (nSPS) is 22.8. The Kier molecular flexibility index (Phi) is 4.62. The van der Waals surface area contributed by atoms with Crippen LogP contribution in [0.2, 0.25) is 0 Å². The van der Waals surface area contributed by atoms with Gasteiger partial charge in [-0.05, 0) is 28.2 Å². The van der Waals surface area contributed by atoms with Crippen molar-refractivity contribution in [3.05, 3.63) is 15.9 Å². The van der Waals surface area contributed by atoms with E-state index in [4.69, 9.17) is 0 Å². The van der Waals surface area contributed by atoms with E-state index in [9.17, 15) is 10.1 Å². The third kappa shape index (κ3) is 3.29. The van der Waals surface area contributed by atoms with E-state index in [0.29, 0.717) is 11.6 Å². The number of aromatic nitrogens is 2. The first kappa shape index (κ1) is 14.8. The number of anilines is 1. The molecule has 6 nitrogen and oxygen atoms in total. The van der Waals surface area contributed by atoms with Crippen LogP contribution in [0.4, 0.5) is 11.6 Å². The standard InChI is InChI=1S/C14H24N4O2/c1-10-4-6-12(7-5-10)8-9-15-13-14(18(19)20)16-11(2)17(13)3/h10,12,15H,4-9H2,1-3H3. The summed E-state index contributed by atoms with van der Waals surface area (Å²) in [5.41, 5.74) is 0. The maximum atomic E-state index is 11.0. The molecule has 6 heteroatoms. The molecular formula is C14H24N4O2. The zero-order chi connectivity index (χ0) is 14.7. The maximum absolute atomic E-state index is 11.0. The van der Waals surface area contributed by atoms with Gasteiger partial charge in [0.05, 0.1) is 0 Å². The lowest BCUT2D eigenvalue weighted by Crippen LogP contribution is -2.16. The van der Waals surface area contributed by atoms with Crippen LogP contribution in [0.1, 0.15) is 44.9 Å².